The zero-order chi connectivity index (χ0) is 19.7. The summed E-state index contributed by atoms with van der Waals surface area (Å²) in [5.41, 5.74) is 6.64. The number of carbonyl (C=O) groups is 2. The third-order valence-corrected chi connectivity index (χ3v) is 3.89. The van der Waals surface area contributed by atoms with Crippen molar-refractivity contribution in [3.8, 4) is 11.5 Å². The maximum absolute atomic E-state index is 12.1. The minimum Gasteiger partial charge on any atom is -0.490 e. The monoisotopic (exact) mass is 365 g/mol. The van der Waals surface area contributed by atoms with Crippen LogP contribution in [0.5, 0.6) is 11.5 Å². The van der Waals surface area contributed by atoms with Crippen LogP contribution in [0.4, 0.5) is 0 Å². The van der Waals surface area contributed by atoms with Crippen LogP contribution in [0.15, 0.2) is 18.2 Å². The lowest BCUT2D eigenvalue weighted by atomic mass is 10.1. The molecule has 26 heavy (non-hydrogen) atoms. The summed E-state index contributed by atoms with van der Waals surface area (Å²) in [4.78, 5) is 23.9. The van der Waals surface area contributed by atoms with E-state index in [2.05, 4.69) is 10.6 Å². The van der Waals surface area contributed by atoms with Gasteiger partial charge in [0.2, 0.25) is 11.8 Å². The van der Waals surface area contributed by atoms with E-state index in [1.807, 2.05) is 52.8 Å². The Bertz CT molecular complexity index is 604. The molecule has 1 unspecified atom stereocenters. The minimum absolute atomic E-state index is 0.0119. The summed E-state index contributed by atoms with van der Waals surface area (Å²) in [6.07, 6.45) is 0. The number of benzene rings is 1. The molecular weight excluding hydrogens is 334 g/mol. The average Bonchev–Trinajstić information content (AvgIpc) is 2.60. The van der Waals surface area contributed by atoms with Crippen molar-refractivity contribution in [1.82, 2.24) is 10.6 Å². The maximum atomic E-state index is 12.1. The summed E-state index contributed by atoms with van der Waals surface area (Å²) in [6, 6.07) is 4.70. The van der Waals surface area contributed by atoms with Gasteiger partial charge in [0.25, 0.3) is 0 Å². The normalized spacial score (nSPS) is 13.0. The first kappa shape index (κ1) is 21.8. The van der Waals surface area contributed by atoms with Gasteiger partial charge >= 0.3 is 0 Å². The second kappa shape index (κ2) is 10.7. The Labute approximate surface area is 155 Å². The van der Waals surface area contributed by atoms with Crippen LogP contribution in [0.25, 0.3) is 0 Å². The standard InChI is InChI=1S/C19H31N3O4/c1-6-25-15-9-8-14(10-16(15)26-7-2)13(5)22-17(23)11-21-19(24)18(20)12(3)4/h8-10,12-13,18H,6-7,11,20H2,1-5H3,(H,21,24)(H,22,23)/t13?,18-/m0/s1. The van der Waals surface area contributed by atoms with Crippen molar-refractivity contribution in [3.05, 3.63) is 23.8 Å². The van der Waals surface area contributed by atoms with E-state index in [0.29, 0.717) is 24.7 Å². The molecule has 0 aliphatic carbocycles. The van der Waals surface area contributed by atoms with E-state index in [9.17, 15) is 9.59 Å². The first-order chi connectivity index (χ1) is 12.3. The molecule has 0 saturated heterocycles. The number of carbonyl (C=O) groups excluding carboxylic acids is 2. The highest BCUT2D eigenvalue weighted by Crippen LogP contribution is 2.30. The topological polar surface area (TPSA) is 103 Å². The van der Waals surface area contributed by atoms with Crippen molar-refractivity contribution in [2.24, 2.45) is 11.7 Å². The number of amides is 2. The van der Waals surface area contributed by atoms with Gasteiger partial charge in [0, 0.05) is 0 Å². The van der Waals surface area contributed by atoms with Crippen LogP contribution >= 0.6 is 0 Å². The highest BCUT2D eigenvalue weighted by atomic mass is 16.5. The van der Waals surface area contributed by atoms with Gasteiger partial charge < -0.3 is 25.8 Å². The molecule has 0 bridgehead atoms. The molecule has 1 rings (SSSR count). The Balaban J connectivity index is 2.66. The van der Waals surface area contributed by atoms with Crippen molar-refractivity contribution in [1.29, 1.82) is 0 Å². The molecule has 7 nitrogen and oxygen atoms in total. The molecule has 0 aromatic heterocycles. The number of hydrogen-bond acceptors (Lipinski definition) is 5. The van der Waals surface area contributed by atoms with Crippen molar-refractivity contribution in [2.75, 3.05) is 19.8 Å². The van der Waals surface area contributed by atoms with E-state index in [0.717, 1.165) is 5.56 Å². The lowest BCUT2D eigenvalue weighted by Crippen LogP contribution is -2.47. The zero-order valence-electron chi connectivity index (χ0n) is 16.3. The molecule has 0 aliphatic rings. The first-order valence-corrected chi connectivity index (χ1v) is 9.02. The van der Waals surface area contributed by atoms with Crippen LogP contribution in [-0.2, 0) is 9.59 Å². The Morgan fingerprint density at radius 3 is 2.27 bits per heavy atom. The molecule has 4 N–H and O–H groups in total. The van der Waals surface area contributed by atoms with Crippen LogP contribution in [0.1, 0.15) is 46.2 Å². The van der Waals surface area contributed by atoms with Crippen LogP contribution in [-0.4, -0.2) is 37.6 Å². The number of rotatable bonds is 10. The number of hydrogen-bond donors (Lipinski definition) is 3. The predicted octanol–water partition coefficient (Wildman–Crippen LogP) is 1.76. The first-order valence-electron chi connectivity index (χ1n) is 9.02. The van der Waals surface area contributed by atoms with E-state index in [-0.39, 0.29) is 30.3 Å². The summed E-state index contributed by atoms with van der Waals surface area (Å²) < 4.78 is 11.1. The third kappa shape index (κ3) is 6.55. The van der Waals surface area contributed by atoms with E-state index in [4.69, 9.17) is 15.2 Å². The Hall–Kier alpha value is -2.28. The van der Waals surface area contributed by atoms with E-state index in [1.165, 1.54) is 0 Å². The molecule has 0 fully saturated rings. The molecule has 1 aromatic carbocycles. The summed E-state index contributed by atoms with van der Waals surface area (Å²) in [5.74, 6) is 0.713. The summed E-state index contributed by atoms with van der Waals surface area (Å²) in [7, 11) is 0. The van der Waals surface area contributed by atoms with Gasteiger partial charge in [-0.1, -0.05) is 19.9 Å². The molecule has 0 spiro atoms. The lowest BCUT2D eigenvalue weighted by Gasteiger charge is -2.18. The highest BCUT2D eigenvalue weighted by Gasteiger charge is 2.18. The summed E-state index contributed by atoms with van der Waals surface area (Å²) in [6.45, 7) is 10.3. The molecule has 0 heterocycles. The average molecular weight is 365 g/mol. The van der Waals surface area contributed by atoms with Crippen LogP contribution < -0.4 is 25.8 Å². The molecule has 0 aliphatic heterocycles. The van der Waals surface area contributed by atoms with E-state index in [1.54, 1.807) is 0 Å². The smallest absolute Gasteiger partial charge is 0.239 e. The van der Waals surface area contributed by atoms with Gasteiger partial charge in [0.1, 0.15) is 0 Å². The van der Waals surface area contributed by atoms with Crippen molar-refractivity contribution in [2.45, 2.75) is 46.7 Å². The van der Waals surface area contributed by atoms with Gasteiger partial charge in [0.05, 0.1) is 31.8 Å². The zero-order valence-corrected chi connectivity index (χ0v) is 16.3. The van der Waals surface area contributed by atoms with Gasteiger partial charge in [-0.15, -0.1) is 0 Å². The largest absolute Gasteiger partial charge is 0.490 e. The predicted molar refractivity (Wildman–Crippen MR) is 101 cm³/mol. The quantitative estimate of drug-likeness (QED) is 0.586. The van der Waals surface area contributed by atoms with Crippen LogP contribution in [0, 0.1) is 5.92 Å². The Morgan fingerprint density at radius 1 is 1.08 bits per heavy atom. The SMILES string of the molecule is CCOc1ccc(C(C)NC(=O)CNC(=O)[C@@H](N)C(C)C)cc1OCC. The molecule has 0 saturated carbocycles. The third-order valence-electron chi connectivity index (χ3n) is 3.89. The second-order valence-corrected chi connectivity index (χ2v) is 6.35. The van der Waals surface area contributed by atoms with Crippen molar-refractivity contribution < 1.29 is 19.1 Å². The van der Waals surface area contributed by atoms with Gasteiger partial charge in [-0.25, -0.2) is 0 Å². The van der Waals surface area contributed by atoms with Gasteiger partial charge in [0.15, 0.2) is 11.5 Å². The maximum Gasteiger partial charge on any atom is 0.239 e. The fourth-order valence-electron chi connectivity index (χ4n) is 2.30. The van der Waals surface area contributed by atoms with Gasteiger partial charge in [-0.2, -0.15) is 0 Å². The lowest BCUT2D eigenvalue weighted by molar-refractivity contribution is -0.127. The molecular formula is C19H31N3O4. The van der Waals surface area contributed by atoms with E-state index < -0.39 is 6.04 Å². The molecule has 146 valence electrons. The Morgan fingerprint density at radius 2 is 1.69 bits per heavy atom. The molecule has 2 amide bonds. The molecule has 7 heteroatoms. The fourth-order valence-corrected chi connectivity index (χ4v) is 2.30. The number of ether oxygens (including phenoxy) is 2. The highest BCUT2D eigenvalue weighted by molar-refractivity contribution is 5.87. The van der Waals surface area contributed by atoms with Gasteiger partial charge in [-0.3, -0.25) is 9.59 Å². The van der Waals surface area contributed by atoms with Crippen LogP contribution in [0.3, 0.4) is 0 Å². The summed E-state index contributed by atoms with van der Waals surface area (Å²) >= 11 is 0. The molecule has 2 atom stereocenters. The van der Waals surface area contributed by atoms with Crippen molar-refractivity contribution >= 4 is 11.8 Å². The molecule has 1 aromatic rings. The summed E-state index contributed by atoms with van der Waals surface area (Å²) in [5, 5.41) is 5.41. The number of nitrogens with two attached hydrogens (primary N) is 1. The van der Waals surface area contributed by atoms with E-state index >= 15 is 0 Å². The Kier molecular flexibility index (Phi) is 8.92. The van der Waals surface area contributed by atoms with Crippen LogP contribution in [0.2, 0.25) is 0 Å². The minimum atomic E-state index is -0.625. The second-order valence-electron chi connectivity index (χ2n) is 6.35. The fraction of sp³-hybridized carbons (Fsp3) is 0.579. The number of nitrogens with one attached hydrogen (secondary N) is 2. The van der Waals surface area contributed by atoms with Gasteiger partial charge in [-0.05, 0) is 44.4 Å². The van der Waals surface area contributed by atoms with Crippen molar-refractivity contribution in [3.63, 3.8) is 0 Å². The molecule has 0 radical (unpaired) electrons.